The van der Waals surface area contributed by atoms with E-state index in [9.17, 15) is 24.0 Å². The van der Waals surface area contributed by atoms with Gasteiger partial charge in [0.15, 0.2) is 0 Å². The standard InChI is InChI=1S/C18H21ClN4O6/c1-8-5-9(15(25)21-8)6-13(14(24)17(27)20-2)22-16(26)11-7-10(19)3-4-12(11)23-18(28)29/h3-4,7-9,13,23H,5-6H2,1-2H3,(H,20,27)(H,21,25)(H,22,26)(H,28,29)/t8-,9+,13?/m1/s1. The maximum absolute atomic E-state index is 12.8. The first-order valence-corrected chi connectivity index (χ1v) is 9.16. The first-order valence-electron chi connectivity index (χ1n) is 8.79. The number of carbonyl (C=O) groups excluding carboxylic acids is 4. The van der Waals surface area contributed by atoms with E-state index in [1.807, 2.05) is 6.92 Å². The van der Waals surface area contributed by atoms with Gasteiger partial charge in [-0.15, -0.1) is 0 Å². The molecule has 0 aromatic heterocycles. The number of hydrogen-bond donors (Lipinski definition) is 5. The minimum absolute atomic E-state index is 0.0437. The van der Waals surface area contributed by atoms with Crippen molar-refractivity contribution in [3.05, 3.63) is 28.8 Å². The largest absolute Gasteiger partial charge is 0.465 e. The summed E-state index contributed by atoms with van der Waals surface area (Å²) in [5, 5.41) is 18.5. The first-order chi connectivity index (χ1) is 13.6. The zero-order valence-electron chi connectivity index (χ0n) is 15.7. The fourth-order valence-corrected chi connectivity index (χ4v) is 3.29. The highest BCUT2D eigenvalue weighted by molar-refractivity contribution is 6.38. The third kappa shape index (κ3) is 5.67. The van der Waals surface area contributed by atoms with Gasteiger partial charge in [0, 0.05) is 24.0 Å². The van der Waals surface area contributed by atoms with Crippen LogP contribution >= 0.6 is 11.6 Å². The molecule has 0 spiro atoms. The summed E-state index contributed by atoms with van der Waals surface area (Å²) >= 11 is 5.90. The Bertz CT molecular complexity index is 859. The van der Waals surface area contributed by atoms with Gasteiger partial charge in [-0.3, -0.25) is 24.5 Å². The van der Waals surface area contributed by atoms with E-state index >= 15 is 0 Å². The van der Waals surface area contributed by atoms with Crippen molar-refractivity contribution in [2.24, 2.45) is 5.92 Å². The van der Waals surface area contributed by atoms with E-state index in [4.69, 9.17) is 16.7 Å². The number of anilines is 1. The van der Waals surface area contributed by atoms with Crippen molar-refractivity contribution in [3.63, 3.8) is 0 Å². The second-order valence-corrected chi connectivity index (χ2v) is 7.10. The Labute approximate surface area is 171 Å². The molecule has 1 heterocycles. The van der Waals surface area contributed by atoms with Gasteiger partial charge in [0.05, 0.1) is 17.3 Å². The molecule has 29 heavy (non-hydrogen) atoms. The van der Waals surface area contributed by atoms with Gasteiger partial charge in [0.1, 0.15) is 0 Å². The zero-order chi connectivity index (χ0) is 21.7. The molecular weight excluding hydrogens is 404 g/mol. The molecule has 0 bridgehead atoms. The van der Waals surface area contributed by atoms with Crippen LogP contribution in [-0.2, 0) is 14.4 Å². The van der Waals surface area contributed by atoms with Crippen LogP contribution in [0.1, 0.15) is 30.1 Å². The summed E-state index contributed by atoms with van der Waals surface area (Å²) in [7, 11) is 1.27. The molecule has 0 aliphatic carbocycles. The normalized spacial score (nSPS) is 19.1. The SMILES string of the molecule is CNC(=O)C(=O)C(C[C@@H]1C[C@@H](C)NC1=O)NC(=O)c1cc(Cl)ccc1NC(=O)O. The summed E-state index contributed by atoms with van der Waals surface area (Å²) in [6.07, 6.45) is -1.01. The van der Waals surface area contributed by atoms with Crippen LogP contribution in [0.2, 0.25) is 5.02 Å². The molecule has 1 aromatic rings. The fraction of sp³-hybridized carbons (Fsp3) is 0.389. The number of amides is 4. The summed E-state index contributed by atoms with van der Waals surface area (Å²) in [6.45, 7) is 1.81. The van der Waals surface area contributed by atoms with E-state index in [0.29, 0.717) is 6.42 Å². The Kier molecular flexibility index (Phi) is 7.16. The summed E-state index contributed by atoms with van der Waals surface area (Å²) in [5.41, 5.74) is -0.170. The van der Waals surface area contributed by atoms with Crippen LogP contribution in [0.3, 0.4) is 0 Å². The molecule has 156 valence electrons. The van der Waals surface area contributed by atoms with Crippen molar-refractivity contribution in [2.75, 3.05) is 12.4 Å². The minimum atomic E-state index is -1.39. The number of halogens is 1. The van der Waals surface area contributed by atoms with Crippen LogP contribution in [0.25, 0.3) is 0 Å². The second kappa shape index (κ2) is 9.37. The summed E-state index contributed by atoms with van der Waals surface area (Å²) < 4.78 is 0. The maximum atomic E-state index is 12.8. The lowest BCUT2D eigenvalue weighted by molar-refractivity contribution is -0.139. The Morgan fingerprint density at radius 1 is 1.31 bits per heavy atom. The van der Waals surface area contributed by atoms with E-state index in [1.54, 1.807) is 0 Å². The molecule has 0 radical (unpaired) electrons. The Morgan fingerprint density at radius 3 is 2.55 bits per heavy atom. The maximum Gasteiger partial charge on any atom is 0.409 e. The van der Waals surface area contributed by atoms with Gasteiger partial charge in [0.2, 0.25) is 11.7 Å². The number of Topliss-reactive ketones (excluding diaryl/α,β-unsaturated/α-hetero) is 1. The highest BCUT2D eigenvalue weighted by Gasteiger charge is 2.36. The number of benzene rings is 1. The van der Waals surface area contributed by atoms with Gasteiger partial charge in [-0.25, -0.2) is 4.79 Å². The molecule has 11 heteroatoms. The number of ketones is 1. The van der Waals surface area contributed by atoms with Gasteiger partial charge in [-0.2, -0.15) is 0 Å². The monoisotopic (exact) mass is 424 g/mol. The van der Waals surface area contributed by atoms with Gasteiger partial charge in [-0.1, -0.05) is 11.6 Å². The topological polar surface area (TPSA) is 154 Å². The van der Waals surface area contributed by atoms with Gasteiger partial charge in [-0.05, 0) is 38.0 Å². The van der Waals surface area contributed by atoms with Crippen molar-refractivity contribution >= 4 is 46.9 Å². The van der Waals surface area contributed by atoms with Crippen molar-refractivity contribution in [3.8, 4) is 0 Å². The minimum Gasteiger partial charge on any atom is -0.465 e. The third-order valence-electron chi connectivity index (χ3n) is 4.46. The lowest BCUT2D eigenvalue weighted by Gasteiger charge is -2.20. The molecule has 1 saturated heterocycles. The second-order valence-electron chi connectivity index (χ2n) is 6.67. The quantitative estimate of drug-likeness (QED) is 0.407. The Morgan fingerprint density at radius 2 is 2.00 bits per heavy atom. The van der Waals surface area contributed by atoms with E-state index in [0.717, 1.165) is 0 Å². The number of nitrogens with one attached hydrogen (secondary N) is 4. The Balaban J connectivity index is 2.28. The smallest absolute Gasteiger partial charge is 0.409 e. The third-order valence-corrected chi connectivity index (χ3v) is 4.69. The number of hydrogen-bond acceptors (Lipinski definition) is 5. The molecule has 1 fully saturated rings. The van der Waals surface area contributed by atoms with Crippen molar-refractivity contribution < 1.29 is 29.1 Å². The lowest BCUT2D eigenvalue weighted by atomic mass is 9.93. The van der Waals surface area contributed by atoms with Crippen molar-refractivity contribution in [1.29, 1.82) is 0 Å². The molecule has 10 nitrogen and oxygen atoms in total. The predicted molar refractivity (Wildman–Crippen MR) is 104 cm³/mol. The average Bonchev–Trinajstić information content (AvgIpc) is 2.97. The molecule has 3 atom stereocenters. The highest BCUT2D eigenvalue weighted by atomic mass is 35.5. The van der Waals surface area contributed by atoms with Crippen molar-refractivity contribution in [2.45, 2.75) is 31.8 Å². The highest BCUT2D eigenvalue weighted by Crippen LogP contribution is 2.23. The van der Waals surface area contributed by atoms with Crippen LogP contribution in [0, 0.1) is 5.92 Å². The number of carbonyl (C=O) groups is 5. The summed E-state index contributed by atoms with van der Waals surface area (Å²) in [5.74, 6) is -3.47. The van der Waals surface area contributed by atoms with E-state index in [2.05, 4.69) is 21.3 Å². The van der Waals surface area contributed by atoms with E-state index in [-0.39, 0.29) is 34.6 Å². The molecular formula is C18H21ClN4O6. The molecule has 1 aliphatic heterocycles. The van der Waals surface area contributed by atoms with Crippen molar-refractivity contribution in [1.82, 2.24) is 16.0 Å². The van der Waals surface area contributed by atoms with Gasteiger partial charge >= 0.3 is 6.09 Å². The van der Waals surface area contributed by atoms with Crippen LogP contribution in [-0.4, -0.2) is 53.8 Å². The van der Waals surface area contributed by atoms with Gasteiger partial charge < -0.3 is 21.1 Å². The zero-order valence-corrected chi connectivity index (χ0v) is 16.5. The van der Waals surface area contributed by atoms with Crippen LogP contribution in [0.5, 0.6) is 0 Å². The molecule has 1 unspecified atom stereocenters. The predicted octanol–water partition coefficient (Wildman–Crippen LogP) is 0.758. The lowest BCUT2D eigenvalue weighted by Crippen LogP contribution is -2.48. The first kappa shape index (κ1) is 22.2. The van der Waals surface area contributed by atoms with Crippen LogP contribution < -0.4 is 21.3 Å². The number of carboxylic acid groups (broad SMARTS) is 1. The Hall–Kier alpha value is -3.14. The number of likely N-dealkylation sites (N-methyl/N-ethyl adjacent to an activating group) is 1. The summed E-state index contributed by atoms with van der Waals surface area (Å²) in [4.78, 5) is 60.0. The molecule has 5 N–H and O–H groups in total. The van der Waals surface area contributed by atoms with Crippen LogP contribution in [0.4, 0.5) is 10.5 Å². The fourth-order valence-electron chi connectivity index (χ4n) is 3.12. The molecule has 4 amide bonds. The molecule has 0 saturated carbocycles. The molecule has 1 aliphatic rings. The summed E-state index contributed by atoms with van der Waals surface area (Å²) in [6, 6.07) is 2.56. The van der Waals surface area contributed by atoms with Gasteiger partial charge in [0.25, 0.3) is 11.8 Å². The number of rotatable bonds is 7. The van der Waals surface area contributed by atoms with E-state index < -0.39 is 35.7 Å². The average molecular weight is 425 g/mol. The molecule has 2 rings (SSSR count). The molecule has 1 aromatic carbocycles. The van der Waals surface area contributed by atoms with Crippen LogP contribution in [0.15, 0.2) is 18.2 Å². The van der Waals surface area contributed by atoms with E-state index in [1.165, 1.54) is 25.2 Å².